The van der Waals surface area contributed by atoms with Crippen molar-refractivity contribution in [3.63, 3.8) is 0 Å². The van der Waals surface area contributed by atoms with E-state index in [-0.39, 0.29) is 42.6 Å². The number of amides is 2. The maximum Gasteiger partial charge on any atom is 0.255 e. The van der Waals surface area contributed by atoms with E-state index in [1.807, 2.05) is 12.1 Å². The summed E-state index contributed by atoms with van der Waals surface area (Å²) in [6.45, 7) is 5.82. The molecule has 0 radical (unpaired) electrons. The zero-order valence-corrected chi connectivity index (χ0v) is 26.3. The summed E-state index contributed by atoms with van der Waals surface area (Å²) in [6.07, 6.45) is 7.50. The molecule has 236 valence electrons. The lowest BCUT2D eigenvalue weighted by molar-refractivity contribution is -0.132. The van der Waals surface area contributed by atoms with E-state index in [9.17, 15) is 14.7 Å². The van der Waals surface area contributed by atoms with Crippen LogP contribution in [0.3, 0.4) is 0 Å². The third-order valence-corrected chi connectivity index (χ3v) is 8.00. The highest BCUT2D eigenvalue weighted by atomic mass is 35.5. The van der Waals surface area contributed by atoms with Gasteiger partial charge >= 0.3 is 0 Å². The van der Waals surface area contributed by atoms with Crippen molar-refractivity contribution in [2.24, 2.45) is 23.5 Å². The molecule has 0 heterocycles. The molecule has 0 aliphatic heterocycles. The number of rotatable bonds is 19. The van der Waals surface area contributed by atoms with Gasteiger partial charge in [0.25, 0.3) is 5.91 Å². The van der Waals surface area contributed by atoms with Crippen molar-refractivity contribution < 1.29 is 28.9 Å². The molecule has 0 spiro atoms. The van der Waals surface area contributed by atoms with Gasteiger partial charge < -0.3 is 35.7 Å². The fraction of sp³-hybridized carbons (Fsp3) is 0.742. The number of aliphatic hydroxyl groups is 1. The Morgan fingerprint density at radius 2 is 1.71 bits per heavy atom. The Labute approximate surface area is 253 Å². The minimum atomic E-state index is -0.902. The summed E-state index contributed by atoms with van der Waals surface area (Å²) in [7, 11) is 3.23. The van der Waals surface area contributed by atoms with E-state index in [0.717, 1.165) is 25.7 Å². The SMILES string of the molecule is COCCCCOc1ccccc1C(=O)NC[C@@H](C[C@H](N)[C@@H](O)CNC(=O)[C@@H](CC1CCCCC1)OC)C(C)C.Cl. The molecule has 1 fully saturated rings. The number of hydrogen-bond acceptors (Lipinski definition) is 7. The van der Waals surface area contributed by atoms with Crippen LogP contribution in [0, 0.1) is 17.8 Å². The van der Waals surface area contributed by atoms with E-state index in [2.05, 4.69) is 24.5 Å². The normalized spacial score (nSPS) is 16.8. The number of ether oxygens (including phenoxy) is 3. The van der Waals surface area contributed by atoms with E-state index in [0.29, 0.717) is 49.8 Å². The van der Waals surface area contributed by atoms with Crippen LogP contribution in [0.1, 0.15) is 82.0 Å². The number of aliphatic hydroxyl groups excluding tert-OH is 1. The number of methoxy groups -OCH3 is 2. The lowest BCUT2D eigenvalue weighted by Crippen LogP contribution is -2.48. The van der Waals surface area contributed by atoms with Crippen LogP contribution in [0.15, 0.2) is 24.3 Å². The number of nitrogens with one attached hydrogen (secondary N) is 2. The van der Waals surface area contributed by atoms with Crippen molar-refractivity contribution in [1.29, 1.82) is 0 Å². The second-order valence-electron chi connectivity index (χ2n) is 11.4. The molecule has 4 atom stereocenters. The van der Waals surface area contributed by atoms with Crippen molar-refractivity contribution in [2.45, 2.75) is 89.9 Å². The van der Waals surface area contributed by atoms with Gasteiger partial charge in [-0.1, -0.05) is 58.1 Å². The van der Waals surface area contributed by atoms with Crippen LogP contribution in [0.2, 0.25) is 0 Å². The Hall–Kier alpha value is -1.91. The molecule has 2 amide bonds. The van der Waals surface area contributed by atoms with E-state index in [1.54, 1.807) is 26.4 Å². The molecule has 1 aromatic carbocycles. The van der Waals surface area contributed by atoms with E-state index in [1.165, 1.54) is 19.3 Å². The average molecular weight is 600 g/mol. The van der Waals surface area contributed by atoms with Gasteiger partial charge in [0, 0.05) is 40.0 Å². The number of para-hydroxylation sites is 1. The van der Waals surface area contributed by atoms with E-state index in [4.69, 9.17) is 19.9 Å². The predicted molar refractivity (Wildman–Crippen MR) is 165 cm³/mol. The van der Waals surface area contributed by atoms with Gasteiger partial charge in [-0.3, -0.25) is 9.59 Å². The molecule has 1 aliphatic rings. The van der Waals surface area contributed by atoms with Gasteiger partial charge in [-0.2, -0.15) is 0 Å². The first-order chi connectivity index (χ1) is 19.3. The highest BCUT2D eigenvalue weighted by molar-refractivity contribution is 5.96. The molecule has 0 saturated heterocycles. The minimum absolute atomic E-state index is 0. The summed E-state index contributed by atoms with van der Waals surface area (Å²) < 4.78 is 16.4. The minimum Gasteiger partial charge on any atom is -0.493 e. The van der Waals surface area contributed by atoms with Crippen LogP contribution >= 0.6 is 12.4 Å². The summed E-state index contributed by atoms with van der Waals surface area (Å²) in [4.78, 5) is 25.7. The Morgan fingerprint density at radius 1 is 1.02 bits per heavy atom. The molecule has 1 saturated carbocycles. The largest absolute Gasteiger partial charge is 0.493 e. The first-order valence-corrected chi connectivity index (χ1v) is 15.0. The zero-order chi connectivity index (χ0) is 29.3. The highest BCUT2D eigenvalue weighted by Crippen LogP contribution is 2.28. The maximum absolute atomic E-state index is 13.0. The highest BCUT2D eigenvalue weighted by Gasteiger charge is 2.27. The summed E-state index contributed by atoms with van der Waals surface area (Å²) >= 11 is 0. The Morgan fingerprint density at radius 3 is 2.37 bits per heavy atom. The Bertz CT molecular complexity index is 868. The molecular formula is C31H54ClN3O6. The van der Waals surface area contributed by atoms with Gasteiger partial charge in [-0.05, 0) is 55.6 Å². The second kappa shape index (κ2) is 20.9. The quantitative estimate of drug-likeness (QED) is 0.176. The topological polar surface area (TPSA) is 132 Å². The zero-order valence-electron chi connectivity index (χ0n) is 25.4. The Kier molecular flexibility index (Phi) is 18.9. The first-order valence-electron chi connectivity index (χ1n) is 15.0. The molecule has 2 rings (SSSR count). The summed E-state index contributed by atoms with van der Waals surface area (Å²) in [6, 6.07) is 6.67. The second-order valence-corrected chi connectivity index (χ2v) is 11.4. The summed E-state index contributed by atoms with van der Waals surface area (Å²) in [5, 5.41) is 16.6. The van der Waals surface area contributed by atoms with Crippen molar-refractivity contribution in [1.82, 2.24) is 10.6 Å². The third kappa shape index (κ3) is 13.7. The predicted octanol–water partition coefficient (Wildman–Crippen LogP) is 4.10. The van der Waals surface area contributed by atoms with Crippen LogP contribution in [-0.4, -0.2) is 75.7 Å². The monoisotopic (exact) mass is 599 g/mol. The average Bonchev–Trinajstić information content (AvgIpc) is 2.96. The molecule has 5 N–H and O–H groups in total. The van der Waals surface area contributed by atoms with Gasteiger partial charge in [-0.25, -0.2) is 0 Å². The van der Waals surface area contributed by atoms with Gasteiger partial charge in [0.2, 0.25) is 5.91 Å². The van der Waals surface area contributed by atoms with E-state index < -0.39 is 18.2 Å². The third-order valence-electron chi connectivity index (χ3n) is 8.00. The molecule has 1 aromatic rings. The van der Waals surface area contributed by atoms with Gasteiger partial charge in [-0.15, -0.1) is 12.4 Å². The van der Waals surface area contributed by atoms with Crippen LogP contribution in [0.25, 0.3) is 0 Å². The number of carbonyl (C=O) groups excluding carboxylic acids is 2. The molecule has 41 heavy (non-hydrogen) atoms. The fourth-order valence-corrected chi connectivity index (χ4v) is 5.23. The number of carbonyl (C=O) groups is 2. The molecule has 0 bridgehead atoms. The maximum atomic E-state index is 13.0. The van der Waals surface area contributed by atoms with Crippen LogP contribution in [0.4, 0.5) is 0 Å². The van der Waals surface area contributed by atoms with Crippen molar-refractivity contribution in [2.75, 3.05) is 40.5 Å². The first kappa shape index (κ1) is 37.1. The number of unbranched alkanes of at least 4 members (excludes halogenated alkanes) is 1. The molecule has 1 aliphatic carbocycles. The van der Waals surface area contributed by atoms with Crippen molar-refractivity contribution in [3.8, 4) is 5.75 Å². The molecular weight excluding hydrogens is 546 g/mol. The van der Waals surface area contributed by atoms with E-state index >= 15 is 0 Å². The van der Waals surface area contributed by atoms with Crippen LogP contribution < -0.4 is 21.1 Å². The summed E-state index contributed by atoms with van der Waals surface area (Å²) in [5.74, 6) is 0.935. The molecule has 9 nitrogen and oxygen atoms in total. The molecule has 10 heteroatoms. The number of hydrogen-bond donors (Lipinski definition) is 4. The van der Waals surface area contributed by atoms with Crippen LogP contribution in [-0.2, 0) is 14.3 Å². The number of halogens is 1. The van der Waals surface area contributed by atoms with Crippen molar-refractivity contribution >= 4 is 24.2 Å². The lowest BCUT2D eigenvalue weighted by atomic mass is 9.85. The van der Waals surface area contributed by atoms with Gasteiger partial charge in [0.15, 0.2) is 0 Å². The molecule has 0 aromatic heterocycles. The smallest absolute Gasteiger partial charge is 0.255 e. The lowest BCUT2D eigenvalue weighted by Gasteiger charge is -2.28. The van der Waals surface area contributed by atoms with Crippen LogP contribution in [0.5, 0.6) is 5.75 Å². The summed E-state index contributed by atoms with van der Waals surface area (Å²) in [5.41, 5.74) is 6.85. The van der Waals surface area contributed by atoms with Crippen molar-refractivity contribution in [3.05, 3.63) is 29.8 Å². The standard InChI is InChI=1S/C31H53N3O6.ClH/c1-22(2)24(20-33-30(36)25-14-8-9-15-28(25)40-17-11-10-16-38-3)19-26(32)27(35)21-34-31(37)29(39-4)18-23-12-6-5-7-13-23;/h8-9,14-15,22-24,26-27,29,35H,5-7,10-13,16-21,32H2,1-4H3,(H,33,36)(H,34,37);1H/t24-,26+,27+,29-;/m1./s1. The number of nitrogens with two attached hydrogens (primary N) is 1. The van der Waals surface area contributed by atoms with Gasteiger partial charge in [0.1, 0.15) is 11.9 Å². The fourth-order valence-electron chi connectivity index (χ4n) is 5.23. The molecule has 0 unspecified atom stereocenters. The number of benzene rings is 1. The van der Waals surface area contributed by atoms with Gasteiger partial charge in [0.05, 0.1) is 18.3 Å². The Balaban J connectivity index is 0.00000840.